The lowest BCUT2D eigenvalue weighted by molar-refractivity contribution is 0.365. The number of unbranched alkanes of at least 4 members (excludes halogenated alkanes) is 3. The molecule has 0 aromatic heterocycles. The van der Waals surface area contributed by atoms with E-state index in [9.17, 15) is 0 Å². The van der Waals surface area contributed by atoms with Gasteiger partial charge in [0.2, 0.25) is 0 Å². The molecule has 0 amide bonds. The van der Waals surface area contributed by atoms with Gasteiger partial charge in [-0.15, -0.1) is 0 Å². The first-order chi connectivity index (χ1) is 4.84. The maximum atomic E-state index is 5.30. The number of rotatable bonds is 5. The second-order valence-electron chi connectivity index (χ2n) is 3.23. The SMILES string of the molecule is CCCCCCC1O[C@H]1C. The van der Waals surface area contributed by atoms with Gasteiger partial charge in [-0.3, -0.25) is 0 Å². The molecular weight excluding hydrogens is 124 g/mol. The molecule has 60 valence electrons. The van der Waals surface area contributed by atoms with Crippen molar-refractivity contribution in [2.45, 2.75) is 58.2 Å². The van der Waals surface area contributed by atoms with Gasteiger partial charge in [-0.05, 0) is 13.3 Å². The van der Waals surface area contributed by atoms with E-state index in [1.54, 1.807) is 0 Å². The van der Waals surface area contributed by atoms with Gasteiger partial charge in [-0.25, -0.2) is 0 Å². The minimum Gasteiger partial charge on any atom is -0.370 e. The average molecular weight is 142 g/mol. The zero-order chi connectivity index (χ0) is 7.40. The first kappa shape index (κ1) is 8.06. The van der Waals surface area contributed by atoms with Gasteiger partial charge in [0.05, 0.1) is 12.2 Å². The maximum Gasteiger partial charge on any atom is 0.0839 e. The summed E-state index contributed by atoms with van der Waals surface area (Å²) in [7, 11) is 0. The van der Waals surface area contributed by atoms with Crippen molar-refractivity contribution in [2.75, 3.05) is 0 Å². The zero-order valence-electron chi connectivity index (χ0n) is 7.10. The van der Waals surface area contributed by atoms with E-state index in [2.05, 4.69) is 13.8 Å². The van der Waals surface area contributed by atoms with Crippen molar-refractivity contribution in [3.8, 4) is 0 Å². The first-order valence-corrected chi connectivity index (χ1v) is 4.50. The van der Waals surface area contributed by atoms with E-state index < -0.39 is 0 Å². The van der Waals surface area contributed by atoms with Crippen LogP contribution in [0.3, 0.4) is 0 Å². The van der Waals surface area contributed by atoms with Crippen molar-refractivity contribution in [1.29, 1.82) is 0 Å². The monoisotopic (exact) mass is 142 g/mol. The minimum absolute atomic E-state index is 0.571. The molecule has 0 radical (unpaired) electrons. The molecule has 2 atom stereocenters. The lowest BCUT2D eigenvalue weighted by atomic mass is 10.1. The van der Waals surface area contributed by atoms with Crippen molar-refractivity contribution >= 4 is 0 Å². The van der Waals surface area contributed by atoms with Gasteiger partial charge in [0.25, 0.3) is 0 Å². The summed E-state index contributed by atoms with van der Waals surface area (Å²) in [5, 5.41) is 0. The van der Waals surface area contributed by atoms with Gasteiger partial charge in [-0.1, -0.05) is 32.6 Å². The molecule has 0 N–H and O–H groups in total. The number of hydrogen-bond acceptors (Lipinski definition) is 1. The fourth-order valence-corrected chi connectivity index (χ4v) is 1.31. The van der Waals surface area contributed by atoms with Gasteiger partial charge < -0.3 is 4.74 Å². The van der Waals surface area contributed by atoms with Crippen LogP contribution < -0.4 is 0 Å². The molecule has 0 spiro atoms. The lowest BCUT2D eigenvalue weighted by Crippen LogP contribution is -1.88. The summed E-state index contributed by atoms with van der Waals surface area (Å²) in [6.45, 7) is 4.40. The fourth-order valence-electron chi connectivity index (χ4n) is 1.31. The van der Waals surface area contributed by atoms with Crippen molar-refractivity contribution in [3.63, 3.8) is 0 Å². The second-order valence-corrected chi connectivity index (χ2v) is 3.23. The number of hydrogen-bond donors (Lipinski definition) is 0. The van der Waals surface area contributed by atoms with Gasteiger partial charge in [0, 0.05) is 0 Å². The Hall–Kier alpha value is -0.0400. The summed E-state index contributed by atoms with van der Waals surface area (Å²) in [5.74, 6) is 0. The van der Waals surface area contributed by atoms with Crippen LogP contribution in [0.4, 0.5) is 0 Å². The molecule has 0 saturated carbocycles. The standard InChI is InChI=1S/C9H18O/c1-3-4-5-6-7-9-8(2)10-9/h8-9H,3-7H2,1-2H3/t8-,9?/m0/s1. The van der Waals surface area contributed by atoms with Crippen molar-refractivity contribution < 1.29 is 4.74 Å². The first-order valence-electron chi connectivity index (χ1n) is 4.50. The molecule has 1 heteroatoms. The largest absolute Gasteiger partial charge is 0.370 e. The summed E-state index contributed by atoms with van der Waals surface area (Å²) >= 11 is 0. The smallest absolute Gasteiger partial charge is 0.0839 e. The highest BCUT2D eigenvalue weighted by Crippen LogP contribution is 2.26. The highest BCUT2D eigenvalue weighted by Gasteiger charge is 2.32. The van der Waals surface area contributed by atoms with Crippen LogP contribution in [0.1, 0.15) is 46.0 Å². The summed E-state index contributed by atoms with van der Waals surface area (Å²) in [4.78, 5) is 0. The van der Waals surface area contributed by atoms with Crippen molar-refractivity contribution in [1.82, 2.24) is 0 Å². The number of ether oxygens (including phenoxy) is 1. The summed E-state index contributed by atoms with van der Waals surface area (Å²) in [6.07, 6.45) is 7.97. The molecule has 1 heterocycles. The average Bonchev–Trinajstić information content (AvgIpc) is 2.60. The molecule has 10 heavy (non-hydrogen) atoms. The summed E-state index contributed by atoms with van der Waals surface area (Å²) in [5.41, 5.74) is 0. The molecule has 0 aliphatic carbocycles. The minimum atomic E-state index is 0.571. The molecule has 0 aromatic rings. The lowest BCUT2D eigenvalue weighted by Gasteiger charge is -1.94. The Balaban J connectivity index is 1.78. The third kappa shape index (κ3) is 2.70. The third-order valence-corrected chi connectivity index (χ3v) is 2.18. The molecule has 1 fully saturated rings. The van der Waals surface area contributed by atoms with E-state index in [0.29, 0.717) is 12.2 Å². The van der Waals surface area contributed by atoms with Crippen LogP contribution in [0.15, 0.2) is 0 Å². The highest BCUT2D eigenvalue weighted by molar-refractivity contribution is 4.79. The van der Waals surface area contributed by atoms with E-state index >= 15 is 0 Å². The Morgan fingerprint density at radius 1 is 1.20 bits per heavy atom. The molecule has 0 aromatic carbocycles. The van der Waals surface area contributed by atoms with Crippen LogP contribution in [-0.2, 0) is 4.74 Å². The Morgan fingerprint density at radius 2 is 1.90 bits per heavy atom. The van der Waals surface area contributed by atoms with E-state index in [1.165, 1.54) is 32.1 Å². The fraction of sp³-hybridized carbons (Fsp3) is 1.00. The molecule has 1 nitrogen and oxygen atoms in total. The zero-order valence-corrected chi connectivity index (χ0v) is 7.10. The Labute approximate surface area is 63.8 Å². The van der Waals surface area contributed by atoms with Gasteiger partial charge in [-0.2, -0.15) is 0 Å². The predicted octanol–water partition coefficient (Wildman–Crippen LogP) is 2.74. The molecule has 1 unspecified atom stereocenters. The summed E-state index contributed by atoms with van der Waals surface area (Å²) < 4.78 is 5.30. The Kier molecular flexibility index (Phi) is 3.20. The second kappa shape index (κ2) is 3.97. The molecular formula is C9H18O. The number of epoxide rings is 1. The topological polar surface area (TPSA) is 12.5 Å². The normalized spacial score (nSPS) is 30.6. The van der Waals surface area contributed by atoms with Crippen LogP contribution in [0.2, 0.25) is 0 Å². The van der Waals surface area contributed by atoms with Gasteiger partial charge in [0.1, 0.15) is 0 Å². The van der Waals surface area contributed by atoms with Crippen LogP contribution in [-0.4, -0.2) is 12.2 Å². The van der Waals surface area contributed by atoms with E-state index in [-0.39, 0.29) is 0 Å². The van der Waals surface area contributed by atoms with E-state index in [1.807, 2.05) is 0 Å². The summed E-state index contributed by atoms with van der Waals surface area (Å²) in [6, 6.07) is 0. The Bertz CT molecular complexity index is 90.7. The van der Waals surface area contributed by atoms with Gasteiger partial charge >= 0.3 is 0 Å². The van der Waals surface area contributed by atoms with Crippen LogP contribution >= 0.6 is 0 Å². The maximum absolute atomic E-state index is 5.30. The molecule has 1 aliphatic heterocycles. The highest BCUT2D eigenvalue weighted by atomic mass is 16.6. The van der Waals surface area contributed by atoms with Crippen molar-refractivity contribution in [3.05, 3.63) is 0 Å². The molecule has 1 rings (SSSR count). The quantitative estimate of drug-likeness (QED) is 0.425. The van der Waals surface area contributed by atoms with E-state index in [0.717, 1.165) is 0 Å². The molecule has 0 bridgehead atoms. The predicted molar refractivity (Wildman–Crippen MR) is 43.1 cm³/mol. The van der Waals surface area contributed by atoms with Crippen LogP contribution in [0, 0.1) is 0 Å². The van der Waals surface area contributed by atoms with E-state index in [4.69, 9.17) is 4.74 Å². The van der Waals surface area contributed by atoms with Crippen LogP contribution in [0.5, 0.6) is 0 Å². The third-order valence-electron chi connectivity index (χ3n) is 2.18. The Morgan fingerprint density at radius 3 is 2.40 bits per heavy atom. The molecule has 1 saturated heterocycles. The van der Waals surface area contributed by atoms with Gasteiger partial charge in [0.15, 0.2) is 0 Å². The molecule has 1 aliphatic rings. The van der Waals surface area contributed by atoms with Crippen molar-refractivity contribution in [2.24, 2.45) is 0 Å². The van der Waals surface area contributed by atoms with Crippen LogP contribution in [0.25, 0.3) is 0 Å².